The fraction of sp³-hybridized carbons (Fsp3) is 0.600. The van der Waals surface area contributed by atoms with Gasteiger partial charge in [0, 0.05) is 6.20 Å². The first-order valence-corrected chi connectivity index (χ1v) is 6.23. The lowest BCUT2D eigenvalue weighted by Crippen LogP contribution is -2.34. The van der Waals surface area contributed by atoms with Gasteiger partial charge in [-0.1, -0.05) is 11.8 Å². The fourth-order valence-corrected chi connectivity index (χ4v) is 2.62. The lowest BCUT2D eigenvalue weighted by Gasteiger charge is -2.22. The Morgan fingerprint density at radius 1 is 1.61 bits per heavy atom. The van der Waals surface area contributed by atoms with Crippen molar-refractivity contribution in [1.82, 2.24) is 9.55 Å². The Kier molecular flexibility index (Phi) is 3.08. The molecule has 1 aliphatic rings. The van der Waals surface area contributed by atoms with Gasteiger partial charge in [-0.25, -0.2) is 4.98 Å². The SMILES string of the molecule is Cc1cn(C2(C(F)(F)F)CC2)c(SCC(=O)O)n1. The molecular weight excluding hydrogens is 269 g/mol. The minimum atomic E-state index is -4.33. The highest BCUT2D eigenvalue weighted by Gasteiger charge is 2.65. The van der Waals surface area contributed by atoms with Crippen LogP contribution in [-0.2, 0) is 10.3 Å². The van der Waals surface area contributed by atoms with Gasteiger partial charge in [0.05, 0.1) is 11.4 Å². The number of carbonyl (C=O) groups is 1. The van der Waals surface area contributed by atoms with E-state index in [9.17, 15) is 18.0 Å². The Balaban J connectivity index is 2.31. The number of hydrogen-bond donors (Lipinski definition) is 1. The van der Waals surface area contributed by atoms with E-state index in [1.54, 1.807) is 6.92 Å². The van der Waals surface area contributed by atoms with Crippen molar-refractivity contribution in [3.05, 3.63) is 11.9 Å². The molecule has 1 aliphatic carbocycles. The van der Waals surface area contributed by atoms with E-state index in [-0.39, 0.29) is 23.8 Å². The summed E-state index contributed by atoms with van der Waals surface area (Å²) in [7, 11) is 0. The van der Waals surface area contributed by atoms with Gasteiger partial charge < -0.3 is 9.67 Å². The van der Waals surface area contributed by atoms with E-state index >= 15 is 0 Å². The van der Waals surface area contributed by atoms with E-state index in [1.165, 1.54) is 6.20 Å². The zero-order valence-corrected chi connectivity index (χ0v) is 10.3. The molecule has 0 radical (unpaired) electrons. The zero-order valence-electron chi connectivity index (χ0n) is 9.49. The van der Waals surface area contributed by atoms with Crippen molar-refractivity contribution in [3.8, 4) is 0 Å². The number of rotatable bonds is 4. The number of aliphatic carboxylic acids is 1. The van der Waals surface area contributed by atoms with Crippen LogP contribution < -0.4 is 0 Å². The summed E-state index contributed by atoms with van der Waals surface area (Å²) in [6, 6.07) is 0. The van der Waals surface area contributed by atoms with Gasteiger partial charge in [-0.15, -0.1) is 0 Å². The van der Waals surface area contributed by atoms with Crippen molar-refractivity contribution in [2.75, 3.05) is 5.75 Å². The molecule has 100 valence electrons. The van der Waals surface area contributed by atoms with Crippen LogP contribution in [0.5, 0.6) is 0 Å². The third-order valence-electron chi connectivity index (χ3n) is 2.83. The van der Waals surface area contributed by atoms with Gasteiger partial charge in [-0.2, -0.15) is 13.2 Å². The van der Waals surface area contributed by atoms with Crippen LogP contribution in [0, 0.1) is 6.92 Å². The molecule has 0 saturated heterocycles. The normalized spacial score (nSPS) is 17.8. The van der Waals surface area contributed by atoms with Gasteiger partial charge in [0.25, 0.3) is 0 Å². The summed E-state index contributed by atoms with van der Waals surface area (Å²) in [5.41, 5.74) is -1.42. The average Bonchev–Trinajstić information content (AvgIpc) is 2.95. The maximum Gasteiger partial charge on any atom is 0.412 e. The molecule has 0 amide bonds. The highest BCUT2D eigenvalue weighted by Crippen LogP contribution is 2.56. The van der Waals surface area contributed by atoms with Crippen molar-refractivity contribution in [3.63, 3.8) is 0 Å². The van der Waals surface area contributed by atoms with Crippen molar-refractivity contribution in [2.45, 2.75) is 36.6 Å². The number of alkyl halides is 3. The lowest BCUT2D eigenvalue weighted by molar-refractivity contribution is -0.181. The van der Waals surface area contributed by atoms with Crippen LogP contribution in [0.25, 0.3) is 0 Å². The van der Waals surface area contributed by atoms with Crippen molar-refractivity contribution >= 4 is 17.7 Å². The molecule has 18 heavy (non-hydrogen) atoms. The number of nitrogens with zero attached hydrogens (tertiary/aromatic N) is 2. The second-order valence-electron chi connectivity index (χ2n) is 4.25. The van der Waals surface area contributed by atoms with Crippen molar-refractivity contribution in [2.24, 2.45) is 0 Å². The molecule has 1 saturated carbocycles. The van der Waals surface area contributed by atoms with Crippen LogP contribution in [0.4, 0.5) is 13.2 Å². The van der Waals surface area contributed by atoms with Gasteiger partial charge in [-0.05, 0) is 19.8 Å². The number of carboxylic acids is 1. The number of hydrogen-bond acceptors (Lipinski definition) is 3. The molecule has 0 spiro atoms. The highest BCUT2D eigenvalue weighted by molar-refractivity contribution is 7.99. The Hall–Kier alpha value is -1.18. The molecule has 0 unspecified atom stereocenters. The largest absolute Gasteiger partial charge is 0.481 e. The molecule has 0 aliphatic heterocycles. The third-order valence-corrected chi connectivity index (χ3v) is 3.77. The number of halogens is 3. The molecule has 1 aromatic rings. The molecule has 1 aromatic heterocycles. The molecule has 0 bridgehead atoms. The van der Waals surface area contributed by atoms with Gasteiger partial charge in [0.15, 0.2) is 5.16 Å². The predicted molar refractivity (Wildman–Crippen MR) is 58.6 cm³/mol. The number of thioether (sulfide) groups is 1. The molecular formula is C10H11F3N2O2S. The third kappa shape index (κ3) is 2.21. The fourth-order valence-electron chi connectivity index (χ4n) is 1.79. The summed E-state index contributed by atoms with van der Waals surface area (Å²) < 4.78 is 40.1. The first-order chi connectivity index (χ1) is 8.26. The average molecular weight is 280 g/mol. The van der Waals surface area contributed by atoms with Crippen LogP contribution in [0.15, 0.2) is 11.4 Å². The summed E-state index contributed by atoms with van der Waals surface area (Å²) in [4.78, 5) is 14.4. The second-order valence-corrected chi connectivity index (χ2v) is 5.19. The second kappa shape index (κ2) is 4.18. The van der Waals surface area contributed by atoms with E-state index in [4.69, 9.17) is 5.11 Å². The number of carboxylic acid groups (broad SMARTS) is 1. The first kappa shape index (κ1) is 13.3. The number of aryl methyl sites for hydroxylation is 1. The zero-order chi connectivity index (χ0) is 13.6. The maximum absolute atomic E-state index is 13.0. The monoisotopic (exact) mass is 280 g/mol. The first-order valence-electron chi connectivity index (χ1n) is 5.24. The van der Waals surface area contributed by atoms with Crippen LogP contribution in [0.3, 0.4) is 0 Å². The molecule has 1 N–H and O–H groups in total. The number of aromatic nitrogens is 2. The Morgan fingerprint density at radius 3 is 2.67 bits per heavy atom. The summed E-state index contributed by atoms with van der Waals surface area (Å²) >= 11 is 0.811. The summed E-state index contributed by atoms with van der Waals surface area (Å²) in [5, 5.41) is 8.69. The standard InChI is InChI=1S/C10H11F3N2O2S/c1-6-4-15(8(14-6)18-5-7(16)17)9(2-3-9)10(11,12)13/h4H,2-3,5H2,1H3,(H,16,17). The molecule has 2 rings (SSSR count). The van der Waals surface area contributed by atoms with Crippen molar-refractivity contribution < 1.29 is 23.1 Å². The molecule has 4 nitrogen and oxygen atoms in total. The Morgan fingerprint density at radius 2 is 2.22 bits per heavy atom. The van der Waals surface area contributed by atoms with Gasteiger partial charge in [-0.3, -0.25) is 4.79 Å². The summed E-state index contributed by atoms with van der Waals surface area (Å²) in [5.74, 6) is -1.38. The van der Waals surface area contributed by atoms with Crippen LogP contribution in [0.2, 0.25) is 0 Å². The van der Waals surface area contributed by atoms with E-state index in [2.05, 4.69) is 4.98 Å². The van der Waals surface area contributed by atoms with E-state index in [1.807, 2.05) is 0 Å². The van der Waals surface area contributed by atoms with Crippen LogP contribution >= 0.6 is 11.8 Å². The lowest BCUT2D eigenvalue weighted by atomic mass is 10.2. The quantitative estimate of drug-likeness (QED) is 0.861. The molecule has 0 atom stereocenters. The van der Waals surface area contributed by atoms with E-state index < -0.39 is 17.7 Å². The Bertz CT molecular complexity index is 480. The van der Waals surface area contributed by atoms with E-state index in [0.717, 1.165) is 16.3 Å². The topological polar surface area (TPSA) is 55.1 Å². The van der Waals surface area contributed by atoms with Crippen molar-refractivity contribution in [1.29, 1.82) is 0 Å². The van der Waals surface area contributed by atoms with Gasteiger partial charge in [0.2, 0.25) is 0 Å². The molecule has 1 heterocycles. The minimum absolute atomic E-state index is 0.0208. The maximum atomic E-state index is 13.0. The summed E-state index contributed by atoms with van der Waals surface area (Å²) in [6.07, 6.45) is -2.96. The van der Waals surface area contributed by atoms with Gasteiger partial charge >= 0.3 is 12.1 Å². The van der Waals surface area contributed by atoms with Gasteiger partial charge in [0.1, 0.15) is 5.54 Å². The van der Waals surface area contributed by atoms with Crippen LogP contribution in [0.1, 0.15) is 18.5 Å². The highest BCUT2D eigenvalue weighted by atomic mass is 32.2. The van der Waals surface area contributed by atoms with Crippen LogP contribution in [-0.4, -0.2) is 32.6 Å². The minimum Gasteiger partial charge on any atom is -0.481 e. The smallest absolute Gasteiger partial charge is 0.412 e. The molecule has 1 fully saturated rings. The number of imidazole rings is 1. The molecule has 8 heteroatoms. The summed E-state index contributed by atoms with van der Waals surface area (Å²) in [6.45, 7) is 1.59. The Labute approximate surface area is 105 Å². The molecule has 0 aromatic carbocycles. The predicted octanol–water partition coefficient (Wildman–Crippen LogP) is 2.42. The van der Waals surface area contributed by atoms with E-state index in [0.29, 0.717) is 5.69 Å².